The number of thiophene rings is 1. The van der Waals surface area contributed by atoms with Gasteiger partial charge in [0, 0.05) is 5.41 Å². The van der Waals surface area contributed by atoms with Crippen molar-refractivity contribution in [2.24, 2.45) is 11.1 Å². The average molecular weight is 316 g/mol. The molecule has 0 aliphatic heterocycles. The van der Waals surface area contributed by atoms with Gasteiger partial charge in [-0.25, -0.2) is 4.79 Å². The van der Waals surface area contributed by atoms with Gasteiger partial charge in [0.1, 0.15) is 0 Å². The summed E-state index contributed by atoms with van der Waals surface area (Å²) in [5.74, 6) is 5.92. The molecule has 92 valence electrons. The first-order valence-corrected chi connectivity index (χ1v) is 6.63. The zero-order valence-electron chi connectivity index (χ0n) is 9.91. The maximum atomic E-state index is 10.8. The summed E-state index contributed by atoms with van der Waals surface area (Å²) >= 11 is 4.89. The maximum absolute atomic E-state index is 10.8. The second-order valence-corrected chi connectivity index (χ2v) is 7.02. The van der Waals surface area contributed by atoms with E-state index in [-0.39, 0.29) is 5.41 Å². The van der Waals surface area contributed by atoms with Gasteiger partial charge in [-0.15, -0.1) is 11.3 Å². The molecule has 0 aliphatic carbocycles. The van der Waals surface area contributed by atoms with Crippen molar-refractivity contribution < 1.29 is 9.53 Å². The Bertz CT molecular complexity index is 465. The number of hydrogen-bond donors (Lipinski definition) is 1. The van der Waals surface area contributed by atoms with Gasteiger partial charge in [0.05, 0.1) is 8.66 Å². The summed E-state index contributed by atoms with van der Waals surface area (Å²) in [4.78, 5) is 11.7. The molecule has 1 atom stereocenters. The number of amides is 1. The fourth-order valence-corrected chi connectivity index (χ4v) is 2.30. The van der Waals surface area contributed by atoms with Gasteiger partial charge in [-0.05, 0) is 28.1 Å². The third kappa shape index (κ3) is 4.80. The van der Waals surface area contributed by atoms with Crippen molar-refractivity contribution in [3.8, 4) is 11.8 Å². The summed E-state index contributed by atoms with van der Waals surface area (Å²) < 4.78 is 6.02. The highest BCUT2D eigenvalue weighted by Crippen LogP contribution is 2.23. The zero-order valence-corrected chi connectivity index (χ0v) is 12.3. The average Bonchev–Trinajstić information content (AvgIpc) is 2.56. The van der Waals surface area contributed by atoms with Gasteiger partial charge in [-0.3, -0.25) is 0 Å². The lowest BCUT2D eigenvalue weighted by molar-refractivity contribution is 0.0740. The van der Waals surface area contributed by atoms with E-state index in [9.17, 15) is 4.79 Å². The Hall–Kier alpha value is -0.990. The summed E-state index contributed by atoms with van der Waals surface area (Å²) in [7, 11) is 0. The van der Waals surface area contributed by atoms with Crippen LogP contribution in [-0.4, -0.2) is 12.2 Å². The van der Waals surface area contributed by atoms with Crippen molar-refractivity contribution in [1.82, 2.24) is 0 Å². The van der Waals surface area contributed by atoms with Crippen LogP contribution in [0.1, 0.15) is 25.6 Å². The third-order valence-electron chi connectivity index (χ3n) is 1.92. The SMILES string of the molecule is CC(C)(C)C(C#Cc1ccc(Br)s1)OC(N)=O. The quantitative estimate of drug-likeness (QED) is 0.808. The normalized spacial score (nSPS) is 12.5. The predicted octanol–water partition coefficient (Wildman–Crippen LogP) is 3.37. The van der Waals surface area contributed by atoms with Crippen LogP contribution in [0.15, 0.2) is 15.9 Å². The van der Waals surface area contributed by atoms with Crippen LogP contribution in [0.3, 0.4) is 0 Å². The molecule has 0 saturated carbocycles. The van der Waals surface area contributed by atoms with Crippen molar-refractivity contribution in [1.29, 1.82) is 0 Å². The second kappa shape index (κ2) is 5.56. The molecule has 1 amide bonds. The molecule has 1 unspecified atom stereocenters. The lowest BCUT2D eigenvalue weighted by atomic mass is 9.89. The second-order valence-electron chi connectivity index (χ2n) is 4.56. The van der Waals surface area contributed by atoms with Gasteiger partial charge in [0.25, 0.3) is 0 Å². The Morgan fingerprint density at radius 3 is 2.59 bits per heavy atom. The Morgan fingerprint density at radius 1 is 1.53 bits per heavy atom. The van der Waals surface area contributed by atoms with Crippen molar-refractivity contribution in [2.75, 3.05) is 0 Å². The Balaban J connectivity index is 2.87. The van der Waals surface area contributed by atoms with Crippen LogP contribution in [0.2, 0.25) is 0 Å². The minimum absolute atomic E-state index is 0.267. The van der Waals surface area contributed by atoms with Crippen LogP contribution in [0.5, 0.6) is 0 Å². The Morgan fingerprint density at radius 2 is 2.18 bits per heavy atom. The van der Waals surface area contributed by atoms with Crippen LogP contribution in [-0.2, 0) is 4.74 Å². The predicted molar refractivity (Wildman–Crippen MR) is 72.8 cm³/mol. The van der Waals surface area contributed by atoms with Crippen molar-refractivity contribution in [2.45, 2.75) is 26.9 Å². The van der Waals surface area contributed by atoms with Crippen LogP contribution < -0.4 is 5.73 Å². The highest BCUT2D eigenvalue weighted by atomic mass is 79.9. The first-order valence-electron chi connectivity index (χ1n) is 5.02. The number of carbonyl (C=O) groups excluding carboxylic acids is 1. The summed E-state index contributed by atoms with van der Waals surface area (Å²) in [5, 5.41) is 0. The standard InChI is InChI=1S/C12H14BrNO2S/c1-12(2,3)9(16-11(14)15)6-4-8-5-7-10(13)17-8/h5,7,9H,1-3H3,(H2,14,15). The molecular formula is C12H14BrNO2S. The molecule has 2 N–H and O–H groups in total. The smallest absolute Gasteiger partial charge is 0.405 e. The minimum Gasteiger partial charge on any atom is -0.433 e. The van der Waals surface area contributed by atoms with Crippen molar-refractivity contribution in [3.05, 3.63) is 20.8 Å². The molecule has 0 radical (unpaired) electrons. The summed E-state index contributed by atoms with van der Waals surface area (Å²) in [6.07, 6.45) is -1.31. The lowest BCUT2D eigenvalue weighted by Gasteiger charge is -2.24. The number of carbonyl (C=O) groups is 1. The molecule has 3 nitrogen and oxygen atoms in total. The van der Waals surface area contributed by atoms with E-state index in [0.29, 0.717) is 0 Å². The van der Waals surface area contributed by atoms with E-state index in [1.165, 1.54) is 11.3 Å². The first kappa shape index (κ1) is 14.1. The van der Waals surface area contributed by atoms with Crippen molar-refractivity contribution in [3.63, 3.8) is 0 Å². The van der Waals surface area contributed by atoms with E-state index >= 15 is 0 Å². The number of halogens is 1. The van der Waals surface area contributed by atoms with E-state index in [1.54, 1.807) is 0 Å². The van der Waals surface area contributed by atoms with Gasteiger partial charge in [-0.1, -0.05) is 32.6 Å². The molecule has 1 rings (SSSR count). The van der Waals surface area contributed by atoms with Crippen LogP contribution in [0, 0.1) is 17.3 Å². The van der Waals surface area contributed by atoms with Crippen LogP contribution in [0.25, 0.3) is 0 Å². The van der Waals surface area contributed by atoms with Gasteiger partial charge in [0.2, 0.25) is 0 Å². The molecule has 0 aromatic carbocycles. The number of rotatable bonds is 1. The van der Waals surface area contributed by atoms with Gasteiger partial charge >= 0.3 is 6.09 Å². The van der Waals surface area contributed by atoms with Gasteiger partial charge < -0.3 is 10.5 Å². The summed E-state index contributed by atoms with van der Waals surface area (Å²) in [6, 6.07) is 3.83. The van der Waals surface area contributed by atoms with Gasteiger partial charge in [-0.2, -0.15) is 0 Å². The van der Waals surface area contributed by atoms with Crippen molar-refractivity contribution >= 4 is 33.4 Å². The fraction of sp³-hybridized carbons (Fsp3) is 0.417. The molecule has 0 spiro atoms. The number of primary amides is 1. The van der Waals surface area contributed by atoms with E-state index < -0.39 is 12.2 Å². The zero-order chi connectivity index (χ0) is 13.1. The summed E-state index contributed by atoms with van der Waals surface area (Å²) in [5.41, 5.74) is 4.76. The largest absolute Gasteiger partial charge is 0.433 e. The molecule has 17 heavy (non-hydrogen) atoms. The highest BCUT2D eigenvalue weighted by molar-refractivity contribution is 9.11. The Kier molecular flexibility index (Phi) is 4.61. The molecule has 1 aromatic rings. The fourth-order valence-electron chi connectivity index (χ4n) is 1.06. The monoisotopic (exact) mass is 315 g/mol. The van der Waals surface area contributed by atoms with Crippen LogP contribution >= 0.6 is 27.3 Å². The van der Waals surface area contributed by atoms with E-state index in [0.717, 1.165) is 8.66 Å². The Labute approximate surface area is 113 Å². The number of hydrogen-bond acceptors (Lipinski definition) is 3. The molecule has 1 heterocycles. The molecule has 1 aromatic heterocycles. The molecular weight excluding hydrogens is 302 g/mol. The van der Waals surface area contributed by atoms with Gasteiger partial charge in [0.15, 0.2) is 6.10 Å². The molecule has 5 heteroatoms. The first-order chi connectivity index (χ1) is 7.79. The molecule has 0 bridgehead atoms. The number of nitrogens with two attached hydrogens (primary N) is 1. The summed E-state index contributed by atoms with van der Waals surface area (Å²) in [6.45, 7) is 5.83. The highest BCUT2D eigenvalue weighted by Gasteiger charge is 2.25. The van der Waals surface area contributed by atoms with E-state index in [4.69, 9.17) is 10.5 Å². The molecule has 0 saturated heterocycles. The maximum Gasteiger partial charge on any atom is 0.405 e. The lowest BCUT2D eigenvalue weighted by Crippen LogP contribution is -2.32. The van der Waals surface area contributed by atoms with E-state index in [1.807, 2.05) is 32.9 Å². The van der Waals surface area contributed by atoms with Crippen LogP contribution in [0.4, 0.5) is 4.79 Å². The molecule has 0 fully saturated rings. The third-order valence-corrected chi connectivity index (χ3v) is 3.46. The molecule has 0 aliphatic rings. The minimum atomic E-state index is -0.799. The topological polar surface area (TPSA) is 52.3 Å². The number of ether oxygens (including phenoxy) is 1. The van der Waals surface area contributed by atoms with E-state index in [2.05, 4.69) is 27.8 Å².